The van der Waals surface area contributed by atoms with Gasteiger partial charge in [-0.05, 0) is 38.0 Å². The minimum atomic E-state index is -0.143. The van der Waals surface area contributed by atoms with Crippen molar-refractivity contribution < 1.29 is 14.3 Å². The maximum absolute atomic E-state index is 10.9. The molecule has 0 heterocycles. The zero-order chi connectivity index (χ0) is 17.2. The van der Waals surface area contributed by atoms with Gasteiger partial charge in [0.05, 0.1) is 7.11 Å². The molecule has 1 saturated carbocycles. The van der Waals surface area contributed by atoms with E-state index >= 15 is 0 Å². The molecule has 0 radical (unpaired) electrons. The molecule has 0 aromatic heterocycles. The van der Waals surface area contributed by atoms with Gasteiger partial charge in [0.25, 0.3) is 0 Å². The largest absolute Gasteiger partial charge is 0.469 e. The Morgan fingerprint density at radius 3 is 2.36 bits per heavy atom. The summed E-state index contributed by atoms with van der Waals surface area (Å²) >= 11 is 0. The average molecular weight is 312 g/mol. The van der Waals surface area contributed by atoms with E-state index in [9.17, 15) is 9.59 Å². The zero-order valence-corrected chi connectivity index (χ0v) is 15.3. The lowest BCUT2D eigenvalue weighted by atomic mass is 9.94. The van der Waals surface area contributed by atoms with Gasteiger partial charge < -0.3 is 9.53 Å². The lowest BCUT2D eigenvalue weighted by molar-refractivity contribution is -0.140. The highest BCUT2D eigenvalue weighted by Crippen LogP contribution is 2.32. The van der Waals surface area contributed by atoms with Crippen LogP contribution < -0.4 is 0 Å². The Labute approximate surface area is 137 Å². The van der Waals surface area contributed by atoms with Gasteiger partial charge in [-0.3, -0.25) is 4.79 Å². The van der Waals surface area contributed by atoms with Crippen LogP contribution in [0.15, 0.2) is 12.2 Å². The minimum absolute atomic E-state index is 0.143. The van der Waals surface area contributed by atoms with Crippen molar-refractivity contribution in [2.24, 2.45) is 11.8 Å². The molecule has 2 atom stereocenters. The fourth-order valence-corrected chi connectivity index (χ4v) is 2.39. The van der Waals surface area contributed by atoms with Gasteiger partial charge in [-0.15, -0.1) is 0 Å². The lowest BCUT2D eigenvalue weighted by Gasteiger charge is -2.10. The summed E-state index contributed by atoms with van der Waals surface area (Å²) in [7, 11) is 1.41. The molecular weight excluding hydrogens is 276 g/mol. The number of aldehydes is 1. The molecule has 3 heteroatoms. The number of hydrogen-bond donors (Lipinski definition) is 0. The van der Waals surface area contributed by atoms with Gasteiger partial charge in [0, 0.05) is 12.3 Å². The first-order valence-electron chi connectivity index (χ1n) is 8.86. The van der Waals surface area contributed by atoms with Crippen LogP contribution in [0, 0.1) is 11.8 Å². The molecule has 0 saturated heterocycles. The number of carbonyl (C=O) groups excluding carboxylic acids is 2. The zero-order valence-electron chi connectivity index (χ0n) is 15.3. The SMILES string of the molecule is CC.CCC.COC(=O)CCC/C=C\C[C@H]1CCCC1C=O. The summed E-state index contributed by atoms with van der Waals surface area (Å²) in [5.74, 6) is 0.675. The third-order valence-corrected chi connectivity index (χ3v) is 3.48. The Hall–Kier alpha value is -1.12. The van der Waals surface area contributed by atoms with Gasteiger partial charge in [0.15, 0.2) is 0 Å². The van der Waals surface area contributed by atoms with Gasteiger partial charge in [-0.1, -0.05) is 52.7 Å². The van der Waals surface area contributed by atoms with Gasteiger partial charge in [0.2, 0.25) is 0 Å². The molecule has 1 rings (SSSR count). The molecule has 0 bridgehead atoms. The first kappa shape index (κ1) is 23.2. The summed E-state index contributed by atoms with van der Waals surface area (Å²) in [5.41, 5.74) is 0. The second-order valence-corrected chi connectivity index (χ2v) is 5.37. The summed E-state index contributed by atoms with van der Waals surface area (Å²) in [6.45, 7) is 8.25. The maximum atomic E-state index is 10.9. The van der Waals surface area contributed by atoms with E-state index < -0.39 is 0 Å². The molecule has 22 heavy (non-hydrogen) atoms. The predicted octanol–water partition coefficient (Wildman–Crippen LogP) is 5.33. The Morgan fingerprint density at radius 1 is 1.18 bits per heavy atom. The molecular formula is C19H36O3. The van der Waals surface area contributed by atoms with E-state index in [4.69, 9.17) is 0 Å². The normalized spacial score (nSPS) is 19.7. The summed E-state index contributed by atoms with van der Waals surface area (Å²) < 4.78 is 4.56. The van der Waals surface area contributed by atoms with Gasteiger partial charge >= 0.3 is 5.97 Å². The first-order chi connectivity index (χ1) is 10.7. The first-order valence-corrected chi connectivity index (χ1v) is 8.86. The van der Waals surface area contributed by atoms with Crippen molar-refractivity contribution in [3.63, 3.8) is 0 Å². The van der Waals surface area contributed by atoms with Crippen LogP contribution in [0.5, 0.6) is 0 Å². The van der Waals surface area contributed by atoms with Gasteiger partial charge in [0.1, 0.15) is 6.29 Å². The quantitative estimate of drug-likeness (QED) is 0.276. The molecule has 1 fully saturated rings. The van der Waals surface area contributed by atoms with Crippen LogP contribution in [0.4, 0.5) is 0 Å². The van der Waals surface area contributed by atoms with E-state index in [2.05, 4.69) is 30.7 Å². The second-order valence-electron chi connectivity index (χ2n) is 5.37. The number of unbranched alkanes of at least 4 members (excludes halogenated alkanes) is 1. The standard InChI is InChI=1S/C14H22O3.C3H8.C2H6/c1-17-14(16)10-5-3-2-4-7-12-8-6-9-13(12)11-15;1-3-2;1-2/h2,4,11-13H,3,5-10H2,1H3;3H2,1-2H3;1-2H3/b4-2-;;/t12-,13?;;/m0../s1. The molecule has 0 aromatic carbocycles. The Bertz CT molecular complexity index is 284. The molecule has 0 spiro atoms. The monoisotopic (exact) mass is 312 g/mol. The highest BCUT2D eigenvalue weighted by atomic mass is 16.5. The molecule has 1 aliphatic rings. The van der Waals surface area contributed by atoms with Crippen LogP contribution in [-0.2, 0) is 14.3 Å². The fraction of sp³-hybridized carbons (Fsp3) is 0.789. The van der Waals surface area contributed by atoms with Crippen molar-refractivity contribution in [3.8, 4) is 0 Å². The van der Waals surface area contributed by atoms with Gasteiger partial charge in [-0.25, -0.2) is 0 Å². The van der Waals surface area contributed by atoms with E-state index in [-0.39, 0.29) is 11.9 Å². The number of carbonyl (C=O) groups is 2. The minimum Gasteiger partial charge on any atom is -0.469 e. The molecule has 3 nitrogen and oxygen atoms in total. The van der Waals surface area contributed by atoms with Crippen LogP contribution in [0.3, 0.4) is 0 Å². The maximum Gasteiger partial charge on any atom is 0.305 e. The average Bonchev–Trinajstić information content (AvgIpc) is 3.00. The summed E-state index contributed by atoms with van der Waals surface area (Å²) in [6, 6.07) is 0. The van der Waals surface area contributed by atoms with Crippen LogP contribution in [0.2, 0.25) is 0 Å². The van der Waals surface area contributed by atoms with E-state index in [0.717, 1.165) is 32.0 Å². The lowest BCUT2D eigenvalue weighted by Crippen LogP contribution is -2.07. The highest BCUT2D eigenvalue weighted by Gasteiger charge is 2.25. The fourth-order valence-electron chi connectivity index (χ4n) is 2.39. The number of hydrogen-bond acceptors (Lipinski definition) is 3. The van der Waals surface area contributed by atoms with Crippen LogP contribution in [0.25, 0.3) is 0 Å². The van der Waals surface area contributed by atoms with E-state index in [0.29, 0.717) is 12.3 Å². The molecule has 0 amide bonds. The molecule has 0 aromatic rings. The van der Waals surface area contributed by atoms with Crippen molar-refractivity contribution in [3.05, 3.63) is 12.2 Å². The van der Waals surface area contributed by atoms with E-state index in [1.165, 1.54) is 26.4 Å². The Morgan fingerprint density at radius 2 is 1.82 bits per heavy atom. The molecule has 130 valence electrons. The molecule has 1 aliphatic carbocycles. The van der Waals surface area contributed by atoms with Gasteiger partial charge in [-0.2, -0.15) is 0 Å². The summed E-state index contributed by atoms with van der Waals surface area (Å²) in [4.78, 5) is 21.6. The Balaban J connectivity index is 0. The third-order valence-electron chi connectivity index (χ3n) is 3.48. The number of methoxy groups -OCH3 is 1. The van der Waals surface area contributed by atoms with Crippen molar-refractivity contribution in [1.29, 1.82) is 0 Å². The number of ether oxygens (including phenoxy) is 1. The smallest absolute Gasteiger partial charge is 0.305 e. The number of rotatable bonds is 7. The molecule has 0 N–H and O–H groups in total. The highest BCUT2D eigenvalue weighted by molar-refractivity contribution is 5.69. The topological polar surface area (TPSA) is 43.4 Å². The van der Waals surface area contributed by atoms with Crippen LogP contribution in [-0.4, -0.2) is 19.4 Å². The van der Waals surface area contributed by atoms with Crippen LogP contribution in [0.1, 0.15) is 79.1 Å². The molecule has 1 unspecified atom stereocenters. The summed E-state index contributed by atoms with van der Waals surface area (Å²) in [6.07, 6.45) is 13.3. The Kier molecular flexibility index (Phi) is 18.9. The summed E-state index contributed by atoms with van der Waals surface area (Å²) in [5, 5.41) is 0. The van der Waals surface area contributed by atoms with Crippen molar-refractivity contribution in [2.75, 3.05) is 7.11 Å². The van der Waals surface area contributed by atoms with E-state index in [1.807, 2.05) is 13.8 Å². The second kappa shape index (κ2) is 17.9. The third kappa shape index (κ3) is 12.6. The number of esters is 1. The predicted molar refractivity (Wildman–Crippen MR) is 93.8 cm³/mol. The van der Waals surface area contributed by atoms with E-state index in [1.54, 1.807) is 0 Å². The number of allylic oxidation sites excluding steroid dienone is 2. The molecule has 0 aliphatic heterocycles. The van der Waals surface area contributed by atoms with Crippen molar-refractivity contribution in [1.82, 2.24) is 0 Å². The van der Waals surface area contributed by atoms with Crippen molar-refractivity contribution >= 4 is 12.3 Å². The van der Waals surface area contributed by atoms with Crippen LogP contribution >= 0.6 is 0 Å². The van der Waals surface area contributed by atoms with Crippen molar-refractivity contribution in [2.45, 2.75) is 79.1 Å².